The molecule has 138 valence electrons. The maximum atomic E-state index is 12.8. The number of amides is 1. The molecule has 0 spiro atoms. The lowest BCUT2D eigenvalue weighted by atomic mass is 10.0. The van der Waals surface area contributed by atoms with Gasteiger partial charge in [-0.05, 0) is 19.3 Å². The van der Waals surface area contributed by atoms with Crippen molar-refractivity contribution in [1.82, 2.24) is 15.0 Å². The second-order valence-corrected chi connectivity index (χ2v) is 6.34. The number of piperidine rings is 1. The molecule has 0 saturated carbocycles. The van der Waals surface area contributed by atoms with Crippen molar-refractivity contribution in [2.24, 2.45) is 0 Å². The van der Waals surface area contributed by atoms with Crippen LogP contribution in [0.15, 0.2) is 51.6 Å². The molecule has 8 nitrogen and oxygen atoms in total. The molecular formula is C19H17N3O5. The van der Waals surface area contributed by atoms with E-state index < -0.39 is 5.97 Å². The van der Waals surface area contributed by atoms with Gasteiger partial charge in [0.15, 0.2) is 5.76 Å². The fourth-order valence-corrected chi connectivity index (χ4v) is 3.21. The lowest BCUT2D eigenvalue weighted by Gasteiger charge is -2.32. The van der Waals surface area contributed by atoms with Crippen molar-refractivity contribution in [2.75, 3.05) is 6.54 Å². The summed E-state index contributed by atoms with van der Waals surface area (Å²) >= 11 is 0. The molecule has 0 bridgehead atoms. The third-order valence-corrected chi connectivity index (χ3v) is 4.58. The first-order valence-corrected chi connectivity index (χ1v) is 8.65. The zero-order valence-electron chi connectivity index (χ0n) is 14.4. The van der Waals surface area contributed by atoms with Gasteiger partial charge in [-0.15, -0.1) is 0 Å². The molecule has 1 N–H and O–H groups in total. The van der Waals surface area contributed by atoms with Gasteiger partial charge in [0.2, 0.25) is 11.7 Å². The van der Waals surface area contributed by atoms with E-state index in [1.54, 1.807) is 4.90 Å². The van der Waals surface area contributed by atoms with Crippen molar-refractivity contribution in [3.8, 4) is 11.4 Å². The molecule has 8 heteroatoms. The summed E-state index contributed by atoms with van der Waals surface area (Å²) in [6, 6.07) is 10.3. The Labute approximate surface area is 154 Å². The second kappa shape index (κ2) is 7.06. The van der Waals surface area contributed by atoms with Crippen LogP contribution in [0.2, 0.25) is 0 Å². The van der Waals surface area contributed by atoms with Crippen molar-refractivity contribution < 1.29 is 23.6 Å². The van der Waals surface area contributed by atoms with Crippen molar-refractivity contribution >= 4 is 11.9 Å². The predicted octanol–water partition coefficient (Wildman–Crippen LogP) is 3.40. The van der Waals surface area contributed by atoms with Crippen LogP contribution in [0.1, 0.15) is 52.1 Å². The Balaban J connectivity index is 1.60. The molecule has 27 heavy (non-hydrogen) atoms. The second-order valence-electron chi connectivity index (χ2n) is 6.34. The van der Waals surface area contributed by atoms with E-state index in [0.717, 1.165) is 24.7 Å². The zero-order valence-corrected chi connectivity index (χ0v) is 14.4. The summed E-state index contributed by atoms with van der Waals surface area (Å²) in [4.78, 5) is 29.9. The van der Waals surface area contributed by atoms with Crippen LogP contribution in [0.5, 0.6) is 0 Å². The number of carboxylic acids is 1. The van der Waals surface area contributed by atoms with Gasteiger partial charge in [-0.3, -0.25) is 4.79 Å². The number of carbonyl (C=O) groups excluding carboxylic acids is 1. The van der Waals surface area contributed by atoms with E-state index in [9.17, 15) is 9.59 Å². The quantitative estimate of drug-likeness (QED) is 0.752. The summed E-state index contributed by atoms with van der Waals surface area (Å²) in [5, 5.41) is 13.0. The summed E-state index contributed by atoms with van der Waals surface area (Å²) in [6.45, 7) is 0.510. The van der Waals surface area contributed by atoms with Crippen LogP contribution < -0.4 is 0 Å². The Morgan fingerprint density at radius 1 is 1.19 bits per heavy atom. The minimum Gasteiger partial charge on any atom is -0.478 e. The van der Waals surface area contributed by atoms with Gasteiger partial charge < -0.3 is 18.9 Å². The molecule has 1 aromatic carbocycles. The molecule has 1 fully saturated rings. The number of aromatic carboxylic acids is 1. The van der Waals surface area contributed by atoms with E-state index in [0.29, 0.717) is 24.7 Å². The van der Waals surface area contributed by atoms with Crippen LogP contribution in [-0.4, -0.2) is 38.6 Å². The van der Waals surface area contributed by atoms with E-state index in [-0.39, 0.29) is 23.3 Å². The van der Waals surface area contributed by atoms with Crippen molar-refractivity contribution in [1.29, 1.82) is 0 Å². The summed E-state index contributed by atoms with van der Waals surface area (Å²) < 4.78 is 10.6. The Kier molecular flexibility index (Phi) is 4.45. The number of benzene rings is 1. The number of hydrogen-bond acceptors (Lipinski definition) is 6. The van der Waals surface area contributed by atoms with Crippen LogP contribution in [-0.2, 0) is 0 Å². The lowest BCUT2D eigenvalue weighted by molar-refractivity contribution is 0.0529. The Hall–Kier alpha value is -3.42. The molecule has 1 aliphatic heterocycles. The van der Waals surface area contributed by atoms with Crippen LogP contribution in [0.25, 0.3) is 11.4 Å². The highest BCUT2D eigenvalue weighted by Crippen LogP contribution is 2.32. The third-order valence-electron chi connectivity index (χ3n) is 4.58. The summed E-state index contributed by atoms with van der Waals surface area (Å²) in [7, 11) is 0. The van der Waals surface area contributed by atoms with E-state index in [4.69, 9.17) is 14.0 Å². The van der Waals surface area contributed by atoms with Gasteiger partial charge >= 0.3 is 5.97 Å². The largest absolute Gasteiger partial charge is 0.478 e. The number of carbonyl (C=O) groups is 2. The number of carboxylic acid groups (broad SMARTS) is 1. The monoisotopic (exact) mass is 367 g/mol. The first-order valence-electron chi connectivity index (χ1n) is 8.65. The SMILES string of the molecule is O=C(O)c1coc(C(=O)N2CCCCC2c2nc(-c3ccccc3)no2)c1. The standard InChI is InChI=1S/C19H17N3O5/c23-18(15-10-13(11-26-15)19(24)25)22-9-5-4-8-14(22)17-20-16(21-27-17)12-6-2-1-3-7-12/h1-3,6-7,10-11,14H,4-5,8-9H2,(H,24,25). The van der Waals surface area contributed by atoms with Gasteiger partial charge in [0.25, 0.3) is 5.91 Å². The minimum absolute atomic E-state index is 0.0119. The topological polar surface area (TPSA) is 110 Å². The molecule has 0 radical (unpaired) electrons. The number of aromatic nitrogens is 2. The molecule has 0 aliphatic carbocycles. The maximum absolute atomic E-state index is 12.8. The molecule has 3 aromatic rings. The molecule has 1 atom stereocenters. The third kappa shape index (κ3) is 3.33. The fraction of sp³-hybridized carbons (Fsp3) is 0.263. The lowest BCUT2D eigenvalue weighted by Crippen LogP contribution is -2.38. The van der Waals surface area contributed by atoms with E-state index in [1.807, 2.05) is 30.3 Å². The van der Waals surface area contributed by atoms with Crippen LogP contribution in [0.3, 0.4) is 0 Å². The minimum atomic E-state index is -1.14. The fourth-order valence-electron chi connectivity index (χ4n) is 3.21. The van der Waals surface area contributed by atoms with Crippen LogP contribution >= 0.6 is 0 Å². The van der Waals surface area contributed by atoms with Crippen molar-refractivity contribution in [3.63, 3.8) is 0 Å². The van der Waals surface area contributed by atoms with Gasteiger partial charge in [-0.1, -0.05) is 35.5 Å². The van der Waals surface area contributed by atoms with E-state index >= 15 is 0 Å². The Bertz CT molecular complexity index is 963. The molecule has 1 unspecified atom stereocenters. The summed E-state index contributed by atoms with van der Waals surface area (Å²) in [5.74, 6) is -0.701. The maximum Gasteiger partial charge on any atom is 0.338 e. The highest BCUT2D eigenvalue weighted by atomic mass is 16.5. The number of nitrogens with zero attached hydrogens (tertiary/aromatic N) is 3. The molecule has 2 aromatic heterocycles. The normalized spacial score (nSPS) is 17.0. The average molecular weight is 367 g/mol. The summed E-state index contributed by atoms with van der Waals surface area (Å²) in [6.07, 6.45) is 3.52. The molecule has 1 amide bonds. The number of furan rings is 1. The van der Waals surface area contributed by atoms with Crippen LogP contribution in [0, 0.1) is 0 Å². The van der Waals surface area contributed by atoms with E-state index in [1.165, 1.54) is 6.07 Å². The molecule has 4 rings (SSSR count). The van der Waals surface area contributed by atoms with Gasteiger partial charge in [0, 0.05) is 18.2 Å². The Morgan fingerprint density at radius 2 is 2.00 bits per heavy atom. The van der Waals surface area contributed by atoms with Gasteiger partial charge in [0.1, 0.15) is 12.3 Å². The average Bonchev–Trinajstić information content (AvgIpc) is 3.38. The zero-order chi connectivity index (χ0) is 18.8. The molecular weight excluding hydrogens is 350 g/mol. The first kappa shape index (κ1) is 17.0. The van der Waals surface area contributed by atoms with Crippen molar-refractivity contribution in [3.05, 3.63) is 59.9 Å². The molecule has 1 aliphatic rings. The van der Waals surface area contributed by atoms with Gasteiger partial charge in [-0.2, -0.15) is 4.98 Å². The first-order chi connectivity index (χ1) is 13.1. The molecule has 3 heterocycles. The van der Waals surface area contributed by atoms with Crippen LogP contribution in [0.4, 0.5) is 0 Å². The number of likely N-dealkylation sites (tertiary alicyclic amines) is 1. The van der Waals surface area contributed by atoms with E-state index in [2.05, 4.69) is 10.1 Å². The predicted molar refractivity (Wildman–Crippen MR) is 93.0 cm³/mol. The number of hydrogen-bond donors (Lipinski definition) is 1. The summed E-state index contributed by atoms with van der Waals surface area (Å²) in [5.41, 5.74) is 0.773. The Morgan fingerprint density at radius 3 is 2.74 bits per heavy atom. The van der Waals surface area contributed by atoms with Gasteiger partial charge in [0.05, 0.1) is 5.56 Å². The smallest absolute Gasteiger partial charge is 0.338 e. The highest BCUT2D eigenvalue weighted by Gasteiger charge is 2.34. The number of rotatable bonds is 4. The van der Waals surface area contributed by atoms with Gasteiger partial charge in [-0.25, -0.2) is 4.79 Å². The van der Waals surface area contributed by atoms with Crippen molar-refractivity contribution in [2.45, 2.75) is 25.3 Å². The molecule has 1 saturated heterocycles. The highest BCUT2D eigenvalue weighted by molar-refractivity contribution is 5.95.